The van der Waals surface area contributed by atoms with Crippen LogP contribution in [0.5, 0.6) is 0 Å². The summed E-state index contributed by atoms with van der Waals surface area (Å²) in [7, 11) is -9.01. The third-order valence-electron chi connectivity index (χ3n) is 2.69. The van der Waals surface area contributed by atoms with Gasteiger partial charge in [0.15, 0.2) is 0 Å². The first-order valence-electron chi connectivity index (χ1n) is 5.91. The highest BCUT2D eigenvalue weighted by Crippen LogP contribution is 2.26. The van der Waals surface area contributed by atoms with Gasteiger partial charge in [0.25, 0.3) is 25.7 Å². The summed E-state index contributed by atoms with van der Waals surface area (Å²) in [5, 5.41) is 10.4. The molecule has 11 heteroatoms. The van der Waals surface area contributed by atoms with Gasteiger partial charge in [-0.25, -0.2) is 16.8 Å². The van der Waals surface area contributed by atoms with Gasteiger partial charge in [0.2, 0.25) is 0 Å². The number of non-ortho nitro benzene ring substituents is 1. The molecular weight excluding hydrogens is 368 g/mol. The molecule has 0 amide bonds. The summed E-state index contributed by atoms with van der Waals surface area (Å²) in [6, 6.07) is 9.50. The Hall–Kier alpha value is -2.01. The van der Waals surface area contributed by atoms with Crippen molar-refractivity contribution in [2.75, 3.05) is 0 Å². The molecule has 2 rings (SSSR count). The minimum atomic E-state index is -4.63. The molecule has 0 fully saturated rings. The Bertz CT molecular complexity index is 958. The molecule has 2 aromatic rings. The number of nitrogens with zero attached hydrogens (tertiary/aromatic N) is 1. The number of halogens is 1. The van der Waals surface area contributed by atoms with Gasteiger partial charge in [-0.3, -0.25) is 10.1 Å². The molecule has 1 N–H and O–H groups in total. The lowest BCUT2D eigenvalue weighted by Crippen LogP contribution is -2.30. The van der Waals surface area contributed by atoms with E-state index in [1.807, 2.05) is 0 Å². The molecule has 122 valence electrons. The first-order chi connectivity index (χ1) is 10.6. The number of hydrogen-bond acceptors (Lipinski definition) is 6. The molecule has 0 heterocycles. The van der Waals surface area contributed by atoms with Gasteiger partial charge in [-0.15, -0.1) is 4.13 Å². The summed E-state index contributed by atoms with van der Waals surface area (Å²) in [4.78, 5) is 8.93. The first-order valence-corrected chi connectivity index (χ1v) is 9.25. The summed E-state index contributed by atoms with van der Waals surface area (Å²) in [6.07, 6.45) is 0. The minimum absolute atomic E-state index is 0.273. The predicted molar refractivity (Wildman–Crippen MR) is 82.1 cm³/mol. The van der Waals surface area contributed by atoms with Gasteiger partial charge in [-0.1, -0.05) is 29.8 Å². The van der Waals surface area contributed by atoms with E-state index in [4.69, 9.17) is 11.6 Å². The zero-order valence-corrected chi connectivity index (χ0v) is 13.6. The van der Waals surface area contributed by atoms with E-state index >= 15 is 0 Å². The van der Waals surface area contributed by atoms with Crippen molar-refractivity contribution in [2.24, 2.45) is 0 Å². The van der Waals surface area contributed by atoms with Crippen LogP contribution in [0.15, 0.2) is 58.3 Å². The normalized spacial score (nSPS) is 12.0. The number of nitro groups is 1. The molecule has 0 radical (unpaired) electrons. The Labute approximate surface area is 137 Å². The fourth-order valence-corrected chi connectivity index (χ4v) is 5.09. The summed E-state index contributed by atoms with van der Waals surface area (Å²) in [5.74, 6) is 0. The topological polar surface area (TPSA) is 123 Å². The summed E-state index contributed by atoms with van der Waals surface area (Å²) in [6.45, 7) is 0. The van der Waals surface area contributed by atoms with E-state index in [-0.39, 0.29) is 9.92 Å². The number of nitrogens with one attached hydrogen (secondary N) is 1. The van der Waals surface area contributed by atoms with Crippen molar-refractivity contribution in [1.82, 2.24) is 4.13 Å². The molecule has 0 aliphatic rings. The van der Waals surface area contributed by atoms with Gasteiger partial charge in [-0.05, 0) is 18.2 Å². The van der Waals surface area contributed by atoms with Crippen LogP contribution in [0.1, 0.15) is 0 Å². The number of benzene rings is 2. The third kappa shape index (κ3) is 3.85. The molecule has 0 spiro atoms. The van der Waals surface area contributed by atoms with Crippen LogP contribution in [0.3, 0.4) is 0 Å². The second-order valence-electron chi connectivity index (χ2n) is 4.28. The van der Waals surface area contributed by atoms with Crippen molar-refractivity contribution in [3.05, 3.63) is 63.7 Å². The molecule has 0 saturated carbocycles. The second-order valence-corrected chi connectivity index (χ2v) is 8.27. The van der Waals surface area contributed by atoms with Crippen molar-refractivity contribution in [1.29, 1.82) is 0 Å². The molecule has 0 aliphatic carbocycles. The van der Waals surface area contributed by atoms with Crippen molar-refractivity contribution < 1.29 is 21.8 Å². The standard InChI is InChI=1S/C12H9ClN2O6S2/c13-11-7-6-9(15(16)17)8-12(11)23(20,21)14-22(18,19)10-4-2-1-3-5-10/h1-8,14H. The quantitative estimate of drug-likeness (QED) is 0.628. The maximum Gasteiger partial charge on any atom is 0.270 e. The average molecular weight is 377 g/mol. The third-order valence-corrected chi connectivity index (χ3v) is 6.69. The Morgan fingerprint density at radius 3 is 2.13 bits per heavy atom. The lowest BCUT2D eigenvalue weighted by Gasteiger charge is -2.09. The van der Waals surface area contributed by atoms with Gasteiger partial charge in [0.05, 0.1) is 14.8 Å². The molecule has 0 bridgehead atoms. The van der Waals surface area contributed by atoms with Crippen LogP contribution >= 0.6 is 11.6 Å². The van der Waals surface area contributed by atoms with Crippen LogP contribution in [0, 0.1) is 10.1 Å². The van der Waals surface area contributed by atoms with Crippen LogP contribution in [0.25, 0.3) is 0 Å². The molecular formula is C12H9ClN2O6S2. The smallest absolute Gasteiger partial charge is 0.258 e. The van der Waals surface area contributed by atoms with Crippen LogP contribution in [0.2, 0.25) is 5.02 Å². The first kappa shape index (κ1) is 17.3. The lowest BCUT2D eigenvalue weighted by atomic mass is 10.3. The fraction of sp³-hybridized carbons (Fsp3) is 0. The van der Waals surface area contributed by atoms with Gasteiger partial charge in [0.1, 0.15) is 4.90 Å². The van der Waals surface area contributed by atoms with Crippen molar-refractivity contribution in [2.45, 2.75) is 9.79 Å². The molecule has 2 aromatic carbocycles. The molecule has 0 atom stereocenters. The zero-order valence-electron chi connectivity index (χ0n) is 11.2. The van der Waals surface area contributed by atoms with E-state index in [2.05, 4.69) is 0 Å². The number of sulfonamides is 2. The van der Waals surface area contributed by atoms with Gasteiger partial charge >= 0.3 is 0 Å². The van der Waals surface area contributed by atoms with Gasteiger partial charge in [-0.2, -0.15) is 0 Å². The van der Waals surface area contributed by atoms with E-state index in [9.17, 15) is 26.9 Å². The second kappa shape index (κ2) is 6.24. The van der Waals surface area contributed by atoms with E-state index in [0.717, 1.165) is 12.1 Å². The number of rotatable bonds is 5. The van der Waals surface area contributed by atoms with Crippen molar-refractivity contribution >= 4 is 37.3 Å². The van der Waals surface area contributed by atoms with E-state index in [1.165, 1.54) is 28.4 Å². The Morgan fingerprint density at radius 1 is 0.957 bits per heavy atom. The zero-order chi connectivity index (χ0) is 17.3. The molecule has 0 aromatic heterocycles. The van der Waals surface area contributed by atoms with Crippen LogP contribution < -0.4 is 4.13 Å². The molecule has 0 aliphatic heterocycles. The average Bonchev–Trinajstić information content (AvgIpc) is 2.47. The predicted octanol–water partition coefficient (Wildman–Crippen LogP) is 1.92. The Morgan fingerprint density at radius 2 is 1.57 bits per heavy atom. The molecule has 23 heavy (non-hydrogen) atoms. The SMILES string of the molecule is O=[N+]([O-])c1ccc(Cl)c(S(=O)(=O)NS(=O)(=O)c2ccccc2)c1. The highest BCUT2D eigenvalue weighted by atomic mass is 35.5. The highest BCUT2D eigenvalue weighted by molar-refractivity contribution is 8.04. The van der Waals surface area contributed by atoms with Gasteiger partial charge in [0, 0.05) is 12.1 Å². The van der Waals surface area contributed by atoms with Crippen LogP contribution in [0.4, 0.5) is 5.69 Å². The summed E-state index contributed by atoms with van der Waals surface area (Å²) < 4.78 is 50.1. The van der Waals surface area contributed by atoms with Crippen LogP contribution in [-0.4, -0.2) is 21.8 Å². The number of nitro benzene ring substituents is 1. The maximum absolute atomic E-state index is 12.2. The summed E-state index contributed by atoms with van der Waals surface area (Å²) >= 11 is 5.72. The minimum Gasteiger partial charge on any atom is -0.258 e. The van der Waals surface area contributed by atoms with E-state index < -0.39 is 35.6 Å². The van der Waals surface area contributed by atoms with Crippen LogP contribution in [-0.2, 0) is 20.0 Å². The largest absolute Gasteiger partial charge is 0.270 e. The molecule has 0 saturated heterocycles. The molecule has 8 nitrogen and oxygen atoms in total. The fourth-order valence-electron chi connectivity index (χ4n) is 1.65. The van der Waals surface area contributed by atoms with E-state index in [0.29, 0.717) is 6.07 Å². The maximum atomic E-state index is 12.2. The Kier molecular flexibility index (Phi) is 4.71. The lowest BCUT2D eigenvalue weighted by molar-refractivity contribution is -0.385. The van der Waals surface area contributed by atoms with Gasteiger partial charge < -0.3 is 0 Å². The summed E-state index contributed by atoms with van der Waals surface area (Å²) in [5.41, 5.74) is -0.535. The molecule has 0 unspecified atom stereocenters. The number of hydrogen-bond donors (Lipinski definition) is 1. The highest BCUT2D eigenvalue weighted by Gasteiger charge is 2.28. The monoisotopic (exact) mass is 376 g/mol. The van der Waals surface area contributed by atoms with Crippen molar-refractivity contribution in [3.63, 3.8) is 0 Å². The Balaban J connectivity index is 2.48. The van der Waals surface area contributed by atoms with E-state index in [1.54, 1.807) is 6.07 Å². The van der Waals surface area contributed by atoms with Crippen molar-refractivity contribution in [3.8, 4) is 0 Å².